The van der Waals surface area contributed by atoms with Gasteiger partial charge in [0.2, 0.25) is 10.0 Å². The first-order valence-corrected chi connectivity index (χ1v) is 6.68. The van der Waals surface area contributed by atoms with Crippen LogP contribution in [0.3, 0.4) is 0 Å². The van der Waals surface area contributed by atoms with Crippen LogP contribution in [-0.2, 0) is 10.0 Å². The molecule has 2 heterocycles. The molecule has 0 saturated carbocycles. The normalized spacial score (nSPS) is 21.7. The molecule has 1 aromatic rings. The van der Waals surface area contributed by atoms with Crippen molar-refractivity contribution in [3.63, 3.8) is 0 Å². The highest BCUT2D eigenvalue weighted by molar-refractivity contribution is 7.92. The molecule has 84 valence electrons. The van der Waals surface area contributed by atoms with Gasteiger partial charge in [-0.15, -0.1) is 0 Å². The third kappa shape index (κ3) is 2.97. The molecule has 6 heteroatoms. The van der Waals surface area contributed by atoms with E-state index in [1.54, 1.807) is 18.3 Å². The highest BCUT2D eigenvalue weighted by atomic mass is 32.2. The van der Waals surface area contributed by atoms with Gasteiger partial charge >= 0.3 is 0 Å². The topological polar surface area (TPSA) is 74.0 Å². The fourth-order valence-corrected chi connectivity index (χ4v) is 3.13. The summed E-state index contributed by atoms with van der Waals surface area (Å²) in [5, 5.41) is 3.16. The van der Waals surface area contributed by atoms with E-state index in [9.17, 15) is 8.42 Å². The molecular weight excluding hydrogens is 214 g/mol. The molecule has 3 N–H and O–H groups in total. The Hall–Kier alpha value is -1.01. The summed E-state index contributed by atoms with van der Waals surface area (Å²) >= 11 is 0. The lowest BCUT2D eigenvalue weighted by molar-refractivity contribution is 0.581. The minimum absolute atomic E-state index is 0.0949. The van der Waals surface area contributed by atoms with Crippen LogP contribution in [0.15, 0.2) is 18.3 Å². The number of sulfonamides is 1. The number of hydrogen-bond acceptors (Lipinski definition) is 3. The van der Waals surface area contributed by atoms with Crippen molar-refractivity contribution in [1.82, 2.24) is 10.3 Å². The van der Waals surface area contributed by atoms with Crippen molar-refractivity contribution in [3.05, 3.63) is 18.3 Å². The van der Waals surface area contributed by atoms with E-state index in [-0.39, 0.29) is 11.8 Å². The second-order valence-corrected chi connectivity index (χ2v) is 5.53. The predicted molar refractivity (Wildman–Crippen MR) is 59.2 cm³/mol. The lowest BCUT2D eigenvalue weighted by Crippen LogP contribution is -2.32. The standard InChI is InChI=1S/C9H15N3O2S/c13-15(14,7-8-3-1-5-10-8)12-9-4-2-6-11-9/h2,4,6,8,10-12H,1,3,5,7H2. The minimum Gasteiger partial charge on any atom is -0.348 e. The van der Waals surface area contributed by atoms with E-state index < -0.39 is 10.0 Å². The molecule has 0 aromatic carbocycles. The molecule has 0 bridgehead atoms. The predicted octanol–water partition coefficient (Wildman–Crippen LogP) is 0.508. The zero-order valence-electron chi connectivity index (χ0n) is 8.36. The van der Waals surface area contributed by atoms with E-state index in [0.29, 0.717) is 5.82 Å². The number of anilines is 1. The lowest BCUT2D eigenvalue weighted by Gasteiger charge is -2.11. The Balaban J connectivity index is 1.94. The van der Waals surface area contributed by atoms with Gasteiger partial charge < -0.3 is 10.3 Å². The molecule has 0 amide bonds. The van der Waals surface area contributed by atoms with Gasteiger partial charge in [0.15, 0.2) is 0 Å². The van der Waals surface area contributed by atoms with E-state index in [2.05, 4.69) is 15.0 Å². The third-order valence-electron chi connectivity index (χ3n) is 2.45. The minimum atomic E-state index is -3.23. The Morgan fingerprint density at radius 1 is 1.53 bits per heavy atom. The van der Waals surface area contributed by atoms with Crippen molar-refractivity contribution in [2.24, 2.45) is 0 Å². The van der Waals surface area contributed by atoms with Crippen molar-refractivity contribution in [3.8, 4) is 0 Å². The van der Waals surface area contributed by atoms with Crippen molar-refractivity contribution >= 4 is 15.8 Å². The van der Waals surface area contributed by atoms with E-state index in [4.69, 9.17) is 0 Å². The first kappa shape index (κ1) is 10.5. The molecule has 0 aliphatic carbocycles. The summed E-state index contributed by atoms with van der Waals surface area (Å²) in [4.78, 5) is 2.81. The fourth-order valence-electron chi connectivity index (χ4n) is 1.77. The first-order valence-electron chi connectivity index (χ1n) is 5.03. The summed E-state index contributed by atoms with van der Waals surface area (Å²) in [5.41, 5.74) is 0. The zero-order chi connectivity index (χ0) is 10.7. The summed E-state index contributed by atoms with van der Waals surface area (Å²) in [6, 6.07) is 3.54. The van der Waals surface area contributed by atoms with Crippen LogP contribution in [0.4, 0.5) is 5.82 Å². The van der Waals surface area contributed by atoms with Crippen molar-refractivity contribution in [2.45, 2.75) is 18.9 Å². The molecule has 1 fully saturated rings. The lowest BCUT2D eigenvalue weighted by atomic mass is 10.3. The van der Waals surface area contributed by atoms with Gasteiger partial charge in [-0.25, -0.2) is 8.42 Å². The van der Waals surface area contributed by atoms with Crippen LogP contribution in [0, 0.1) is 0 Å². The van der Waals surface area contributed by atoms with Crippen LogP contribution in [0.2, 0.25) is 0 Å². The molecule has 0 spiro atoms. The van der Waals surface area contributed by atoms with Gasteiger partial charge in [-0.05, 0) is 31.5 Å². The molecule has 1 aliphatic rings. The van der Waals surface area contributed by atoms with Crippen LogP contribution in [-0.4, -0.2) is 31.7 Å². The molecule has 2 rings (SSSR count). The quantitative estimate of drug-likeness (QED) is 0.704. The van der Waals surface area contributed by atoms with Crippen LogP contribution in [0.5, 0.6) is 0 Å². The van der Waals surface area contributed by atoms with Crippen molar-refractivity contribution < 1.29 is 8.42 Å². The molecule has 15 heavy (non-hydrogen) atoms. The second-order valence-electron chi connectivity index (χ2n) is 3.76. The summed E-state index contributed by atoms with van der Waals surface area (Å²) in [5.74, 6) is 0.666. The highest BCUT2D eigenvalue weighted by Gasteiger charge is 2.21. The molecule has 1 aliphatic heterocycles. The van der Waals surface area contributed by atoms with Gasteiger partial charge in [-0.1, -0.05) is 0 Å². The Kier molecular flexibility index (Phi) is 2.97. The summed E-state index contributed by atoms with van der Waals surface area (Å²) in [6.45, 7) is 0.919. The van der Waals surface area contributed by atoms with Gasteiger partial charge in [0.1, 0.15) is 5.82 Å². The molecule has 1 aromatic heterocycles. The van der Waals surface area contributed by atoms with E-state index >= 15 is 0 Å². The second kappa shape index (κ2) is 4.24. The fraction of sp³-hybridized carbons (Fsp3) is 0.556. The molecule has 1 saturated heterocycles. The molecule has 1 atom stereocenters. The number of hydrogen-bond donors (Lipinski definition) is 3. The van der Waals surface area contributed by atoms with Gasteiger partial charge in [0.25, 0.3) is 0 Å². The Morgan fingerprint density at radius 3 is 3.00 bits per heavy atom. The van der Waals surface area contributed by atoms with Crippen LogP contribution in [0.25, 0.3) is 0 Å². The summed E-state index contributed by atoms with van der Waals surface area (Å²) in [7, 11) is -3.23. The maximum Gasteiger partial charge on any atom is 0.235 e. The number of rotatable bonds is 4. The Morgan fingerprint density at radius 2 is 2.40 bits per heavy atom. The monoisotopic (exact) mass is 229 g/mol. The first-order chi connectivity index (χ1) is 7.16. The largest absolute Gasteiger partial charge is 0.348 e. The van der Waals surface area contributed by atoms with Crippen LogP contribution >= 0.6 is 0 Å². The van der Waals surface area contributed by atoms with Gasteiger partial charge in [0.05, 0.1) is 5.75 Å². The van der Waals surface area contributed by atoms with Crippen LogP contribution < -0.4 is 10.0 Å². The van der Waals surface area contributed by atoms with Crippen molar-refractivity contribution in [1.29, 1.82) is 0 Å². The van der Waals surface area contributed by atoms with E-state index in [1.807, 2.05) is 0 Å². The van der Waals surface area contributed by atoms with E-state index in [1.165, 1.54) is 0 Å². The number of H-pyrrole nitrogens is 1. The third-order valence-corrected chi connectivity index (χ3v) is 3.82. The van der Waals surface area contributed by atoms with Gasteiger partial charge in [-0.3, -0.25) is 4.72 Å². The average Bonchev–Trinajstić information content (AvgIpc) is 2.75. The number of nitrogens with one attached hydrogen (secondary N) is 3. The Bertz CT molecular complexity index is 393. The van der Waals surface area contributed by atoms with Gasteiger partial charge in [0, 0.05) is 12.2 Å². The number of aromatic amines is 1. The van der Waals surface area contributed by atoms with Crippen LogP contribution in [0.1, 0.15) is 12.8 Å². The Labute approximate surface area is 89.3 Å². The van der Waals surface area contributed by atoms with Crippen molar-refractivity contribution in [2.75, 3.05) is 17.0 Å². The molecule has 1 unspecified atom stereocenters. The average molecular weight is 229 g/mol. The highest BCUT2D eigenvalue weighted by Crippen LogP contribution is 2.10. The zero-order valence-corrected chi connectivity index (χ0v) is 9.18. The van der Waals surface area contributed by atoms with E-state index in [0.717, 1.165) is 19.4 Å². The molecular formula is C9H15N3O2S. The SMILES string of the molecule is O=S(=O)(CC1CCCN1)Nc1ccc[nH]1. The molecule has 0 radical (unpaired) electrons. The number of aromatic nitrogens is 1. The summed E-state index contributed by atoms with van der Waals surface area (Å²) in [6.07, 6.45) is 3.68. The molecule has 5 nitrogen and oxygen atoms in total. The maximum absolute atomic E-state index is 11.7. The summed E-state index contributed by atoms with van der Waals surface area (Å²) < 4.78 is 25.9. The maximum atomic E-state index is 11.7. The smallest absolute Gasteiger partial charge is 0.235 e. The van der Waals surface area contributed by atoms with Gasteiger partial charge in [-0.2, -0.15) is 0 Å².